The topological polar surface area (TPSA) is 66.8 Å². The molecule has 0 fully saturated rings. The molecule has 0 saturated heterocycles. The van der Waals surface area contributed by atoms with Crippen molar-refractivity contribution < 1.29 is 19.2 Å². The highest BCUT2D eigenvalue weighted by Gasteiger charge is 1.88. The summed E-state index contributed by atoms with van der Waals surface area (Å²) in [4.78, 5) is 9.00. The van der Waals surface area contributed by atoms with Gasteiger partial charge in [0.05, 0.1) is 12.7 Å². The van der Waals surface area contributed by atoms with E-state index in [1.54, 1.807) is 6.92 Å². The van der Waals surface area contributed by atoms with E-state index >= 15 is 0 Å². The molecule has 2 N–H and O–H groups in total. The summed E-state index contributed by atoms with van der Waals surface area (Å²) in [7, 11) is 0. The first-order valence-electron chi connectivity index (χ1n) is 2.64. The van der Waals surface area contributed by atoms with E-state index in [2.05, 4.69) is 17.1 Å². The lowest BCUT2D eigenvalue weighted by atomic mass is 10.5. The first kappa shape index (κ1) is 12.4. The molecule has 4 nitrogen and oxygen atoms in total. The average Bonchev–Trinajstić information content (AvgIpc) is 1.62. The highest BCUT2D eigenvalue weighted by Crippen LogP contribution is 1.82. The van der Waals surface area contributed by atoms with Gasteiger partial charge in [0, 0.05) is 6.92 Å². The molecule has 0 saturated carbocycles. The lowest BCUT2D eigenvalue weighted by molar-refractivity contribution is -0.134. The summed E-state index contributed by atoms with van der Waals surface area (Å²) in [6, 6.07) is 0. The van der Waals surface area contributed by atoms with Crippen LogP contribution in [0.25, 0.3) is 0 Å². The third-order valence-electron chi connectivity index (χ3n) is 0.316. The Hall–Kier alpha value is -0.260. The van der Waals surface area contributed by atoms with E-state index in [0.717, 1.165) is 6.92 Å². The standard InChI is InChI=1S/C3H8O2S.C2H4O2/c1-3(4)2-5-6;1-2(3)4/h3-4,6H,2H2,1H3;1H3,(H,3,4). The van der Waals surface area contributed by atoms with Crippen molar-refractivity contribution in [2.75, 3.05) is 6.61 Å². The maximum atomic E-state index is 9.00. The molecular weight excluding hydrogens is 156 g/mol. The Labute approximate surface area is 65.4 Å². The summed E-state index contributed by atoms with van der Waals surface area (Å²) in [6.07, 6.45) is -0.400. The largest absolute Gasteiger partial charge is 0.481 e. The van der Waals surface area contributed by atoms with Crippen LogP contribution in [-0.4, -0.2) is 28.9 Å². The third-order valence-corrected chi connectivity index (χ3v) is 0.465. The maximum absolute atomic E-state index is 9.00. The number of carboxylic acids is 1. The van der Waals surface area contributed by atoms with Crippen molar-refractivity contribution in [3.05, 3.63) is 0 Å². The van der Waals surface area contributed by atoms with Crippen molar-refractivity contribution in [1.82, 2.24) is 0 Å². The monoisotopic (exact) mass is 168 g/mol. The number of rotatable bonds is 2. The number of hydrogen-bond donors (Lipinski definition) is 3. The molecule has 0 heterocycles. The van der Waals surface area contributed by atoms with Crippen LogP contribution in [0.15, 0.2) is 0 Å². The average molecular weight is 168 g/mol. The molecule has 0 aliphatic rings. The van der Waals surface area contributed by atoms with Crippen LogP contribution in [0.3, 0.4) is 0 Å². The summed E-state index contributed by atoms with van der Waals surface area (Å²) in [5.74, 6) is -0.833. The molecule has 0 amide bonds. The number of aliphatic hydroxyl groups excluding tert-OH is 1. The lowest BCUT2D eigenvalue weighted by Gasteiger charge is -1.95. The highest BCUT2D eigenvalue weighted by atomic mass is 32.1. The molecule has 0 bridgehead atoms. The molecule has 0 radical (unpaired) electrons. The molecule has 10 heavy (non-hydrogen) atoms. The van der Waals surface area contributed by atoms with Crippen molar-refractivity contribution in [3.63, 3.8) is 0 Å². The SMILES string of the molecule is CC(=O)O.CC(O)COS. The Morgan fingerprint density at radius 2 is 2.10 bits per heavy atom. The van der Waals surface area contributed by atoms with Gasteiger partial charge in [0.1, 0.15) is 0 Å². The molecule has 5 heteroatoms. The Kier molecular flexibility index (Phi) is 10.9. The minimum absolute atomic E-state index is 0.295. The second-order valence-electron chi connectivity index (χ2n) is 1.66. The summed E-state index contributed by atoms with van der Waals surface area (Å²) in [5.41, 5.74) is 0. The maximum Gasteiger partial charge on any atom is 0.300 e. The highest BCUT2D eigenvalue weighted by molar-refractivity contribution is 7.75. The normalized spacial score (nSPS) is 11.2. The molecule has 0 aromatic carbocycles. The first-order valence-corrected chi connectivity index (χ1v) is 3.01. The molecule has 1 unspecified atom stereocenters. The first-order chi connectivity index (χ1) is 4.50. The quantitative estimate of drug-likeness (QED) is 0.410. The number of thiol groups is 1. The van der Waals surface area contributed by atoms with Crippen LogP contribution in [0.1, 0.15) is 13.8 Å². The minimum Gasteiger partial charge on any atom is -0.481 e. The molecular formula is C5H12O4S. The van der Waals surface area contributed by atoms with Gasteiger partial charge in [-0.1, -0.05) is 0 Å². The van der Waals surface area contributed by atoms with Crippen LogP contribution >= 0.6 is 12.9 Å². The van der Waals surface area contributed by atoms with Gasteiger partial charge < -0.3 is 14.4 Å². The molecule has 0 aromatic heterocycles. The molecule has 0 aromatic rings. The smallest absolute Gasteiger partial charge is 0.300 e. The lowest BCUT2D eigenvalue weighted by Crippen LogP contribution is -2.05. The van der Waals surface area contributed by atoms with Gasteiger partial charge in [0.15, 0.2) is 0 Å². The second-order valence-corrected chi connectivity index (χ2v) is 1.92. The van der Waals surface area contributed by atoms with E-state index in [1.165, 1.54) is 0 Å². The second kappa shape index (κ2) is 8.74. The van der Waals surface area contributed by atoms with Gasteiger partial charge in [0.25, 0.3) is 5.97 Å². The molecule has 0 spiro atoms. The Balaban J connectivity index is 0. The van der Waals surface area contributed by atoms with Gasteiger partial charge in [-0.2, -0.15) is 0 Å². The van der Waals surface area contributed by atoms with Gasteiger partial charge in [-0.25, -0.2) is 0 Å². The van der Waals surface area contributed by atoms with Crippen molar-refractivity contribution in [1.29, 1.82) is 0 Å². The fourth-order valence-electron chi connectivity index (χ4n) is 0.108. The van der Waals surface area contributed by atoms with E-state index < -0.39 is 12.1 Å². The number of aliphatic hydroxyl groups is 1. The van der Waals surface area contributed by atoms with Crippen LogP contribution in [0, 0.1) is 0 Å². The van der Waals surface area contributed by atoms with Gasteiger partial charge >= 0.3 is 0 Å². The predicted octanol–water partition coefficient (Wildman–Crippen LogP) is 0.319. The summed E-state index contributed by atoms with van der Waals surface area (Å²) >= 11 is 3.40. The van der Waals surface area contributed by atoms with Crippen molar-refractivity contribution >= 4 is 18.9 Å². The number of aliphatic carboxylic acids is 1. The van der Waals surface area contributed by atoms with Crippen molar-refractivity contribution in [2.24, 2.45) is 0 Å². The van der Waals surface area contributed by atoms with Crippen LogP contribution in [-0.2, 0) is 8.98 Å². The minimum atomic E-state index is -0.833. The Bertz CT molecular complexity index is 79.7. The van der Waals surface area contributed by atoms with Crippen molar-refractivity contribution in [3.8, 4) is 0 Å². The van der Waals surface area contributed by atoms with Crippen LogP contribution in [0.4, 0.5) is 0 Å². The van der Waals surface area contributed by atoms with Gasteiger partial charge in [-0.3, -0.25) is 4.79 Å². The number of carbonyl (C=O) groups is 1. The van der Waals surface area contributed by atoms with Crippen LogP contribution < -0.4 is 0 Å². The Morgan fingerprint density at radius 1 is 1.80 bits per heavy atom. The molecule has 1 atom stereocenters. The third kappa shape index (κ3) is 46.8. The van der Waals surface area contributed by atoms with Gasteiger partial charge in [0.2, 0.25) is 0 Å². The molecule has 62 valence electrons. The summed E-state index contributed by atoms with van der Waals surface area (Å²) < 4.78 is 4.25. The zero-order valence-electron chi connectivity index (χ0n) is 5.94. The van der Waals surface area contributed by atoms with Crippen LogP contribution in [0.2, 0.25) is 0 Å². The van der Waals surface area contributed by atoms with E-state index in [1.807, 2.05) is 0 Å². The fraction of sp³-hybridized carbons (Fsp3) is 0.800. The summed E-state index contributed by atoms with van der Waals surface area (Å²) in [5, 5.41) is 15.8. The van der Waals surface area contributed by atoms with Gasteiger partial charge in [-0.15, -0.1) is 0 Å². The fourth-order valence-corrected chi connectivity index (χ4v) is 0.324. The van der Waals surface area contributed by atoms with Crippen molar-refractivity contribution in [2.45, 2.75) is 20.0 Å². The van der Waals surface area contributed by atoms with Gasteiger partial charge in [-0.05, 0) is 19.8 Å². The summed E-state index contributed by atoms with van der Waals surface area (Å²) in [6.45, 7) is 3.01. The van der Waals surface area contributed by atoms with E-state index in [0.29, 0.717) is 6.61 Å². The molecule has 0 aliphatic carbocycles. The Morgan fingerprint density at radius 3 is 2.10 bits per heavy atom. The number of hydrogen-bond acceptors (Lipinski definition) is 4. The van der Waals surface area contributed by atoms with Crippen LogP contribution in [0.5, 0.6) is 0 Å². The van der Waals surface area contributed by atoms with E-state index in [9.17, 15) is 0 Å². The van der Waals surface area contributed by atoms with E-state index in [4.69, 9.17) is 15.0 Å². The molecule has 0 rings (SSSR count). The zero-order valence-corrected chi connectivity index (χ0v) is 6.84. The van der Waals surface area contributed by atoms with E-state index in [-0.39, 0.29) is 0 Å². The number of carboxylic acid groups (broad SMARTS) is 1. The predicted molar refractivity (Wildman–Crippen MR) is 39.9 cm³/mol. The molecule has 0 aliphatic heterocycles. The zero-order chi connectivity index (χ0) is 8.57.